The summed E-state index contributed by atoms with van der Waals surface area (Å²) in [5, 5.41) is 14.2. The molecule has 29 heavy (non-hydrogen) atoms. The highest BCUT2D eigenvalue weighted by Crippen LogP contribution is 2.19. The minimum atomic E-state index is -1.07. The van der Waals surface area contributed by atoms with E-state index >= 15 is 0 Å². The Balaban J connectivity index is 1.99. The number of nitrogens with one attached hydrogen (secondary N) is 3. The monoisotopic (exact) mass is 398 g/mol. The quantitative estimate of drug-likeness (QED) is 0.179. The topological polar surface area (TPSA) is 159 Å². The molecule has 10 nitrogen and oxygen atoms in total. The van der Waals surface area contributed by atoms with Gasteiger partial charge in [-0.15, -0.1) is 0 Å². The van der Waals surface area contributed by atoms with Crippen molar-refractivity contribution in [3.8, 4) is 0 Å². The van der Waals surface area contributed by atoms with Crippen molar-refractivity contribution < 1.29 is 19.5 Å². The van der Waals surface area contributed by atoms with Crippen LogP contribution in [-0.2, 0) is 9.59 Å². The van der Waals surface area contributed by atoms with Crippen molar-refractivity contribution in [2.45, 2.75) is 19.4 Å². The zero-order valence-corrected chi connectivity index (χ0v) is 15.8. The van der Waals surface area contributed by atoms with E-state index in [4.69, 9.17) is 10.9 Å². The highest BCUT2D eigenvalue weighted by Gasteiger charge is 2.19. The third-order valence-electron chi connectivity index (χ3n) is 3.96. The van der Waals surface area contributed by atoms with Gasteiger partial charge in [-0.3, -0.25) is 19.4 Å². The number of nitrogens with two attached hydrogens (primary N) is 1. The first-order valence-electron chi connectivity index (χ1n) is 8.69. The SMILES string of the molecule is Cc1ccc(C(=O)NCC(=O)NC(CC(=O)O)c2cccnc2)cc1N=CNN. The first-order chi connectivity index (χ1) is 13.9. The zero-order chi connectivity index (χ0) is 21.2. The van der Waals surface area contributed by atoms with Crippen LogP contribution in [0.25, 0.3) is 0 Å². The number of rotatable bonds is 9. The molecule has 2 rings (SSSR count). The second kappa shape index (κ2) is 10.5. The molecule has 0 spiro atoms. The number of carboxylic acids is 1. The van der Waals surface area contributed by atoms with Crippen molar-refractivity contribution >= 4 is 29.8 Å². The molecule has 1 unspecified atom stereocenters. The molecule has 2 aromatic rings. The maximum absolute atomic E-state index is 12.3. The van der Waals surface area contributed by atoms with Gasteiger partial charge in [0, 0.05) is 18.0 Å². The first-order valence-corrected chi connectivity index (χ1v) is 8.69. The Morgan fingerprint density at radius 3 is 2.76 bits per heavy atom. The fourth-order valence-electron chi connectivity index (χ4n) is 2.51. The number of pyridine rings is 1. The summed E-state index contributed by atoms with van der Waals surface area (Å²) in [7, 11) is 0. The summed E-state index contributed by atoms with van der Waals surface area (Å²) in [4.78, 5) is 43.7. The molecule has 0 aliphatic rings. The molecule has 1 aromatic heterocycles. The summed E-state index contributed by atoms with van der Waals surface area (Å²) in [6.07, 6.45) is 4.02. The highest BCUT2D eigenvalue weighted by atomic mass is 16.4. The Kier molecular flexibility index (Phi) is 7.80. The second-order valence-electron chi connectivity index (χ2n) is 6.11. The van der Waals surface area contributed by atoms with Gasteiger partial charge in [0.05, 0.1) is 24.7 Å². The molecule has 10 heteroatoms. The number of hydrogen-bond donors (Lipinski definition) is 5. The Labute approximate surface area is 167 Å². The van der Waals surface area contributed by atoms with E-state index in [1.165, 1.54) is 12.5 Å². The normalized spacial score (nSPS) is 11.7. The molecular weight excluding hydrogens is 376 g/mol. The molecule has 2 amide bonds. The van der Waals surface area contributed by atoms with Gasteiger partial charge >= 0.3 is 5.97 Å². The second-order valence-corrected chi connectivity index (χ2v) is 6.11. The van der Waals surface area contributed by atoms with E-state index in [9.17, 15) is 14.4 Å². The first kappa shape index (κ1) is 21.5. The average Bonchev–Trinajstić information content (AvgIpc) is 2.71. The third-order valence-corrected chi connectivity index (χ3v) is 3.96. The number of aliphatic carboxylic acids is 1. The molecule has 1 atom stereocenters. The number of nitrogens with zero attached hydrogens (tertiary/aromatic N) is 2. The van der Waals surface area contributed by atoms with E-state index < -0.39 is 23.8 Å². The minimum Gasteiger partial charge on any atom is -0.481 e. The molecular formula is C19H22N6O4. The summed E-state index contributed by atoms with van der Waals surface area (Å²) in [6, 6.07) is 7.47. The lowest BCUT2D eigenvalue weighted by atomic mass is 10.1. The van der Waals surface area contributed by atoms with Crippen LogP contribution in [-0.4, -0.2) is 40.8 Å². The van der Waals surface area contributed by atoms with Crippen molar-refractivity contribution in [1.29, 1.82) is 0 Å². The Hall–Kier alpha value is -3.79. The van der Waals surface area contributed by atoms with Gasteiger partial charge in [-0.25, -0.2) is 10.8 Å². The largest absolute Gasteiger partial charge is 0.481 e. The Bertz CT molecular complexity index is 901. The number of aryl methyl sites for hydroxylation is 1. The Morgan fingerprint density at radius 1 is 1.31 bits per heavy atom. The van der Waals surface area contributed by atoms with Gasteiger partial charge in [0.1, 0.15) is 6.34 Å². The van der Waals surface area contributed by atoms with Gasteiger partial charge in [0.15, 0.2) is 0 Å². The number of aromatic nitrogens is 1. The van der Waals surface area contributed by atoms with Gasteiger partial charge in [0.25, 0.3) is 5.91 Å². The molecule has 1 heterocycles. The van der Waals surface area contributed by atoms with Gasteiger partial charge in [-0.1, -0.05) is 12.1 Å². The molecule has 0 saturated carbocycles. The summed E-state index contributed by atoms with van der Waals surface area (Å²) in [5.74, 6) is 3.10. The fourth-order valence-corrected chi connectivity index (χ4v) is 2.51. The van der Waals surface area contributed by atoms with Crippen LogP contribution in [0.1, 0.15) is 33.9 Å². The van der Waals surface area contributed by atoms with Gasteiger partial charge in [-0.05, 0) is 36.2 Å². The van der Waals surface area contributed by atoms with Crippen LogP contribution < -0.4 is 21.9 Å². The van der Waals surface area contributed by atoms with Crippen molar-refractivity contribution in [3.05, 3.63) is 59.4 Å². The zero-order valence-electron chi connectivity index (χ0n) is 15.8. The number of hydrogen-bond acceptors (Lipinski definition) is 6. The van der Waals surface area contributed by atoms with E-state index in [1.54, 1.807) is 36.5 Å². The average molecular weight is 398 g/mol. The lowest BCUT2D eigenvalue weighted by Crippen LogP contribution is -2.39. The molecule has 0 radical (unpaired) electrons. The van der Waals surface area contributed by atoms with Crippen LogP contribution in [0, 0.1) is 6.92 Å². The van der Waals surface area contributed by atoms with Crippen LogP contribution in [0.3, 0.4) is 0 Å². The summed E-state index contributed by atoms with van der Waals surface area (Å²) < 4.78 is 0. The predicted octanol–water partition coefficient (Wildman–Crippen LogP) is 0.575. The van der Waals surface area contributed by atoms with Gasteiger partial charge in [0.2, 0.25) is 5.91 Å². The summed E-state index contributed by atoms with van der Waals surface area (Å²) in [5.41, 5.74) is 4.57. The predicted molar refractivity (Wildman–Crippen MR) is 106 cm³/mol. The van der Waals surface area contributed by atoms with E-state index in [-0.39, 0.29) is 13.0 Å². The number of carbonyl (C=O) groups excluding carboxylic acids is 2. The number of carbonyl (C=O) groups is 3. The molecule has 152 valence electrons. The Morgan fingerprint density at radius 2 is 2.10 bits per heavy atom. The van der Waals surface area contributed by atoms with Crippen LogP contribution in [0.4, 0.5) is 5.69 Å². The molecule has 0 bridgehead atoms. The van der Waals surface area contributed by atoms with Crippen LogP contribution in [0.15, 0.2) is 47.7 Å². The fraction of sp³-hybridized carbons (Fsp3) is 0.211. The van der Waals surface area contributed by atoms with Crippen LogP contribution >= 0.6 is 0 Å². The van der Waals surface area contributed by atoms with E-state index in [2.05, 4.69) is 26.0 Å². The van der Waals surface area contributed by atoms with E-state index in [0.29, 0.717) is 16.8 Å². The molecule has 0 aliphatic carbocycles. The molecule has 1 aromatic carbocycles. The van der Waals surface area contributed by atoms with Gasteiger partial charge in [-0.2, -0.15) is 0 Å². The number of amides is 2. The van der Waals surface area contributed by atoms with Crippen LogP contribution in [0.2, 0.25) is 0 Å². The number of aliphatic imine (C=N–C) groups is 1. The van der Waals surface area contributed by atoms with Crippen LogP contribution in [0.5, 0.6) is 0 Å². The highest BCUT2D eigenvalue weighted by molar-refractivity contribution is 5.97. The van der Waals surface area contributed by atoms with Gasteiger partial charge < -0.3 is 21.2 Å². The molecule has 6 N–H and O–H groups in total. The summed E-state index contributed by atoms with van der Waals surface area (Å²) >= 11 is 0. The summed E-state index contributed by atoms with van der Waals surface area (Å²) in [6.45, 7) is 1.52. The maximum atomic E-state index is 12.3. The number of benzene rings is 1. The smallest absolute Gasteiger partial charge is 0.305 e. The maximum Gasteiger partial charge on any atom is 0.305 e. The standard InChI is InChI=1S/C19H22N6O4/c1-12-4-5-13(7-15(12)23-11-24-20)19(29)22-10-17(26)25-16(8-18(27)28)14-3-2-6-21-9-14/h2-7,9,11,16H,8,10,20H2,1H3,(H,22,29)(H,23,24)(H,25,26)(H,27,28). The van der Waals surface area contributed by atoms with Crippen molar-refractivity contribution in [2.75, 3.05) is 6.54 Å². The van der Waals surface area contributed by atoms with Crippen molar-refractivity contribution in [3.63, 3.8) is 0 Å². The van der Waals surface area contributed by atoms with E-state index in [0.717, 1.165) is 5.56 Å². The number of hydrazine groups is 1. The lowest BCUT2D eigenvalue weighted by Gasteiger charge is -2.17. The minimum absolute atomic E-state index is 0.306. The van der Waals surface area contributed by atoms with Crippen molar-refractivity contribution in [1.82, 2.24) is 21.0 Å². The van der Waals surface area contributed by atoms with Crippen molar-refractivity contribution in [2.24, 2.45) is 10.8 Å². The third kappa shape index (κ3) is 6.70. The molecule has 0 aliphatic heterocycles. The number of carboxylic acid groups (broad SMARTS) is 1. The lowest BCUT2D eigenvalue weighted by molar-refractivity contribution is -0.137. The molecule has 0 fully saturated rings. The van der Waals surface area contributed by atoms with E-state index in [1.807, 2.05) is 6.92 Å². The molecule has 0 saturated heterocycles.